The van der Waals surface area contributed by atoms with Gasteiger partial charge in [0.25, 0.3) is 0 Å². The molecule has 2 heterocycles. The van der Waals surface area contributed by atoms with Gasteiger partial charge in [0.2, 0.25) is 0 Å². The van der Waals surface area contributed by atoms with Crippen molar-refractivity contribution < 1.29 is 14.6 Å². The van der Waals surface area contributed by atoms with Gasteiger partial charge in [-0.2, -0.15) is 5.10 Å². The highest BCUT2D eigenvalue weighted by molar-refractivity contribution is 5.94. The molecule has 14 heavy (non-hydrogen) atoms. The second kappa shape index (κ2) is 2.99. The zero-order chi connectivity index (χ0) is 10.1. The molecule has 2 aromatic heterocycles. The van der Waals surface area contributed by atoms with Crippen LogP contribution in [0.2, 0.25) is 0 Å². The summed E-state index contributed by atoms with van der Waals surface area (Å²) < 4.78 is 6.28. The number of carboxylic acid groups (broad SMARTS) is 1. The fraction of sp³-hybridized carbons (Fsp3) is 0.125. The van der Waals surface area contributed by atoms with Crippen LogP contribution in [-0.4, -0.2) is 32.8 Å². The van der Waals surface area contributed by atoms with Crippen LogP contribution in [0.3, 0.4) is 0 Å². The molecule has 2 rings (SSSR count). The van der Waals surface area contributed by atoms with E-state index in [0.29, 0.717) is 11.4 Å². The number of nitrogens with zero attached hydrogens (tertiary/aromatic N) is 3. The second-order valence-electron chi connectivity index (χ2n) is 2.63. The van der Waals surface area contributed by atoms with E-state index in [1.807, 2.05) is 0 Å². The van der Waals surface area contributed by atoms with Gasteiger partial charge in [0.15, 0.2) is 11.4 Å². The van der Waals surface area contributed by atoms with Gasteiger partial charge in [-0.3, -0.25) is 0 Å². The Bertz CT molecular complexity index is 492. The third kappa shape index (κ3) is 1.17. The van der Waals surface area contributed by atoms with Crippen molar-refractivity contribution >= 4 is 11.6 Å². The maximum atomic E-state index is 10.7. The summed E-state index contributed by atoms with van der Waals surface area (Å²) >= 11 is 0. The minimum absolute atomic E-state index is 0.0765. The SMILES string of the molecule is COc1cnc2c(C(=O)O)cnn2c1. The van der Waals surface area contributed by atoms with E-state index in [1.165, 1.54) is 24.0 Å². The lowest BCUT2D eigenvalue weighted by atomic mass is 10.3. The maximum Gasteiger partial charge on any atom is 0.341 e. The van der Waals surface area contributed by atoms with E-state index in [1.54, 1.807) is 6.20 Å². The van der Waals surface area contributed by atoms with Gasteiger partial charge in [0.1, 0.15) is 5.56 Å². The van der Waals surface area contributed by atoms with Crippen molar-refractivity contribution in [3.8, 4) is 5.75 Å². The monoisotopic (exact) mass is 193 g/mol. The molecule has 0 saturated carbocycles. The zero-order valence-electron chi connectivity index (χ0n) is 7.34. The Balaban J connectivity index is 2.65. The molecule has 1 N–H and O–H groups in total. The lowest BCUT2D eigenvalue weighted by Crippen LogP contribution is -1.98. The standard InChI is InChI=1S/C8H7N3O3/c1-14-5-2-9-7-6(8(12)13)3-10-11(7)4-5/h2-4H,1H3,(H,12,13). The Morgan fingerprint density at radius 3 is 3.00 bits per heavy atom. The number of carboxylic acids is 1. The second-order valence-corrected chi connectivity index (χ2v) is 2.63. The third-order valence-electron chi connectivity index (χ3n) is 1.80. The predicted molar refractivity (Wildman–Crippen MR) is 46.5 cm³/mol. The topological polar surface area (TPSA) is 76.7 Å². The van der Waals surface area contributed by atoms with Crippen molar-refractivity contribution in [2.45, 2.75) is 0 Å². The van der Waals surface area contributed by atoms with E-state index in [-0.39, 0.29) is 5.56 Å². The number of fused-ring (bicyclic) bond motifs is 1. The molecule has 6 nitrogen and oxygen atoms in total. The highest BCUT2D eigenvalue weighted by Crippen LogP contribution is 2.12. The molecule has 6 heteroatoms. The van der Waals surface area contributed by atoms with Crippen molar-refractivity contribution in [1.82, 2.24) is 14.6 Å². The van der Waals surface area contributed by atoms with E-state index in [9.17, 15) is 4.79 Å². The first kappa shape index (κ1) is 8.49. The Hall–Kier alpha value is -2.11. The van der Waals surface area contributed by atoms with Gasteiger partial charge in [-0.15, -0.1) is 0 Å². The molecule has 72 valence electrons. The number of carbonyl (C=O) groups is 1. The van der Waals surface area contributed by atoms with Crippen LogP contribution in [0, 0.1) is 0 Å². The molecule has 0 saturated heterocycles. The van der Waals surface area contributed by atoms with Crippen molar-refractivity contribution in [2.24, 2.45) is 0 Å². The largest absolute Gasteiger partial charge is 0.494 e. The smallest absolute Gasteiger partial charge is 0.341 e. The average Bonchev–Trinajstić information content (AvgIpc) is 2.59. The Morgan fingerprint density at radius 2 is 2.36 bits per heavy atom. The van der Waals surface area contributed by atoms with Crippen LogP contribution in [0.5, 0.6) is 5.75 Å². The van der Waals surface area contributed by atoms with Gasteiger partial charge in [-0.25, -0.2) is 14.3 Å². The molecular weight excluding hydrogens is 186 g/mol. The molecule has 0 radical (unpaired) electrons. The molecule has 0 aliphatic rings. The van der Waals surface area contributed by atoms with Crippen molar-refractivity contribution in [1.29, 1.82) is 0 Å². The average molecular weight is 193 g/mol. The summed E-state index contributed by atoms with van der Waals surface area (Å²) in [5.41, 5.74) is 0.381. The Kier molecular flexibility index (Phi) is 1.81. The summed E-state index contributed by atoms with van der Waals surface area (Å²) in [4.78, 5) is 14.6. The first-order valence-corrected chi connectivity index (χ1v) is 3.83. The molecule has 0 aliphatic heterocycles. The zero-order valence-corrected chi connectivity index (χ0v) is 7.34. The number of hydrogen-bond acceptors (Lipinski definition) is 4. The van der Waals surface area contributed by atoms with Crippen LogP contribution in [0.25, 0.3) is 5.65 Å². The fourth-order valence-corrected chi connectivity index (χ4v) is 1.11. The van der Waals surface area contributed by atoms with E-state index in [0.717, 1.165) is 0 Å². The number of ether oxygens (including phenoxy) is 1. The summed E-state index contributed by atoms with van der Waals surface area (Å²) in [5.74, 6) is -0.518. The molecule has 0 aromatic carbocycles. The summed E-state index contributed by atoms with van der Waals surface area (Å²) in [7, 11) is 1.50. The molecule has 0 aliphatic carbocycles. The number of aromatic carboxylic acids is 1. The predicted octanol–water partition coefficient (Wildman–Crippen LogP) is 0.436. The van der Waals surface area contributed by atoms with Crippen LogP contribution in [0.15, 0.2) is 18.6 Å². The number of methoxy groups -OCH3 is 1. The molecule has 0 bridgehead atoms. The molecule has 0 atom stereocenters. The number of rotatable bonds is 2. The van der Waals surface area contributed by atoms with Crippen molar-refractivity contribution in [3.05, 3.63) is 24.2 Å². The highest BCUT2D eigenvalue weighted by atomic mass is 16.5. The summed E-state index contributed by atoms with van der Waals surface area (Å²) in [6.07, 6.45) is 4.27. The third-order valence-corrected chi connectivity index (χ3v) is 1.80. The normalized spacial score (nSPS) is 10.4. The molecule has 0 spiro atoms. The van der Waals surface area contributed by atoms with Crippen molar-refractivity contribution in [2.75, 3.05) is 7.11 Å². The summed E-state index contributed by atoms with van der Waals surface area (Å²) in [6, 6.07) is 0. The number of aromatic nitrogens is 3. The van der Waals surface area contributed by atoms with Gasteiger partial charge in [-0.1, -0.05) is 0 Å². The molecule has 2 aromatic rings. The van der Waals surface area contributed by atoms with E-state index < -0.39 is 5.97 Å². The molecule has 0 fully saturated rings. The van der Waals surface area contributed by atoms with Crippen LogP contribution in [-0.2, 0) is 0 Å². The van der Waals surface area contributed by atoms with Crippen LogP contribution < -0.4 is 4.74 Å². The van der Waals surface area contributed by atoms with Crippen LogP contribution in [0.1, 0.15) is 10.4 Å². The minimum Gasteiger partial charge on any atom is -0.494 e. The van der Waals surface area contributed by atoms with Crippen molar-refractivity contribution in [3.63, 3.8) is 0 Å². The fourth-order valence-electron chi connectivity index (χ4n) is 1.11. The number of hydrogen-bond donors (Lipinski definition) is 1. The summed E-state index contributed by atoms with van der Waals surface area (Å²) in [5, 5.41) is 12.6. The van der Waals surface area contributed by atoms with Gasteiger partial charge in [0.05, 0.1) is 25.7 Å². The maximum absolute atomic E-state index is 10.7. The molecule has 0 unspecified atom stereocenters. The first-order chi connectivity index (χ1) is 6.72. The van der Waals surface area contributed by atoms with Gasteiger partial charge in [-0.05, 0) is 0 Å². The molecular formula is C8H7N3O3. The van der Waals surface area contributed by atoms with E-state index in [2.05, 4.69) is 10.1 Å². The molecule has 0 amide bonds. The lowest BCUT2D eigenvalue weighted by molar-refractivity contribution is 0.0698. The van der Waals surface area contributed by atoms with Crippen LogP contribution >= 0.6 is 0 Å². The highest BCUT2D eigenvalue weighted by Gasteiger charge is 2.12. The van der Waals surface area contributed by atoms with Gasteiger partial charge < -0.3 is 9.84 Å². The first-order valence-electron chi connectivity index (χ1n) is 3.83. The van der Waals surface area contributed by atoms with Gasteiger partial charge >= 0.3 is 5.97 Å². The van der Waals surface area contributed by atoms with E-state index in [4.69, 9.17) is 9.84 Å². The summed E-state index contributed by atoms with van der Waals surface area (Å²) in [6.45, 7) is 0. The minimum atomic E-state index is -1.04. The lowest BCUT2D eigenvalue weighted by Gasteiger charge is -1.98. The quantitative estimate of drug-likeness (QED) is 0.748. The van der Waals surface area contributed by atoms with E-state index >= 15 is 0 Å². The van der Waals surface area contributed by atoms with Crippen LogP contribution in [0.4, 0.5) is 0 Å². The van der Waals surface area contributed by atoms with Gasteiger partial charge in [0, 0.05) is 0 Å². The Morgan fingerprint density at radius 1 is 1.57 bits per heavy atom. The Labute approximate surface area is 78.8 Å².